The number of rotatable bonds is 7. The normalized spacial score (nSPS) is 13.6. The molecule has 0 bridgehead atoms. The zero-order valence-corrected chi connectivity index (χ0v) is 11.5. The molecule has 5 nitrogen and oxygen atoms in total. The fourth-order valence-electron chi connectivity index (χ4n) is 1.75. The highest BCUT2D eigenvalue weighted by molar-refractivity contribution is 5.81. The minimum absolute atomic E-state index is 0.119. The van der Waals surface area contributed by atoms with Crippen LogP contribution in [-0.2, 0) is 11.3 Å². The molecule has 1 heterocycles. The average molecular weight is 263 g/mol. The van der Waals surface area contributed by atoms with Gasteiger partial charge in [-0.2, -0.15) is 5.26 Å². The maximum Gasteiger partial charge on any atom is 0.240 e. The molecule has 0 aliphatic carbocycles. The maximum absolute atomic E-state index is 12.3. The second-order valence-electron chi connectivity index (χ2n) is 4.66. The summed E-state index contributed by atoms with van der Waals surface area (Å²) in [7, 11) is 0. The van der Waals surface area contributed by atoms with Crippen molar-refractivity contribution in [1.29, 1.82) is 5.26 Å². The lowest BCUT2D eigenvalue weighted by Gasteiger charge is -2.26. The summed E-state index contributed by atoms with van der Waals surface area (Å²) in [6.07, 6.45) is 2.70. The van der Waals surface area contributed by atoms with Crippen molar-refractivity contribution in [3.63, 3.8) is 0 Å². The van der Waals surface area contributed by atoms with Crippen LogP contribution in [0, 0.1) is 17.2 Å². The molecule has 2 atom stereocenters. The van der Waals surface area contributed by atoms with Crippen molar-refractivity contribution in [2.75, 3.05) is 6.54 Å². The summed E-state index contributed by atoms with van der Waals surface area (Å²) in [4.78, 5) is 13.9. The van der Waals surface area contributed by atoms with E-state index in [1.807, 2.05) is 19.9 Å². The Bertz CT molecular complexity index is 422. The number of nitrogens with zero attached hydrogens (tertiary/aromatic N) is 2. The Balaban J connectivity index is 2.72. The molecule has 0 saturated carbocycles. The topological polar surface area (TPSA) is 83.3 Å². The van der Waals surface area contributed by atoms with E-state index in [1.165, 1.54) is 0 Å². The van der Waals surface area contributed by atoms with E-state index in [0.717, 1.165) is 6.42 Å². The lowest BCUT2D eigenvalue weighted by molar-refractivity contribution is -0.134. The van der Waals surface area contributed by atoms with Gasteiger partial charge in [-0.25, -0.2) is 0 Å². The van der Waals surface area contributed by atoms with Crippen LogP contribution in [0.1, 0.15) is 32.4 Å². The number of furan rings is 1. The third kappa shape index (κ3) is 4.42. The van der Waals surface area contributed by atoms with Crippen LogP contribution in [0.3, 0.4) is 0 Å². The van der Waals surface area contributed by atoms with Crippen molar-refractivity contribution in [1.82, 2.24) is 4.90 Å². The molecular formula is C14H21N3O2. The second-order valence-corrected chi connectivity index (χ2v) is 4.66. The van der Waals surface area contributed by atoms with Gasteiger partial charge in [0, 0.05) is 6.54 Å². The Hall–Kier alpha value is -1.80. The van der Waals surface area contributed by atoms with Crippen LogP contribution in [0.25, 0.3) is 0 Å². The van der Waals surface area contributed by atoms with Crippen molar-refractivity contribution in [3.05, 3.63) is 24.2 Å². The molecule has 0 aliphatic rings. The highest BCUT2D eigenvalue weighted by Gasteiger charge is 2.25. The van der Waals surface area contributed by atoms with Gasteiger partial charge in [-0.3, -0.25) is 4.79 Å². The van der Waals surface area contributed by atoms with Gasteiger partial charge in [0.25, 0.3) is 0 Å². The number of hydrogen-bond donors (Lipinski definition) is 1. The van der Waals surface area contributed by atoms with Gasteiger partial charge in [0.2, 0.25) is 5.91 Å². The molecule has 1 rings (SSSR count). The minimum atomic E-state index is -0.529. The van der Waals surface area contributed by atoms with Gasteiger partial charge < -0.3 is 15.1 Å². The summed E-state index contributed by atoms with van der Waals surface area (Å²) in [5.74, 6) is 0.692. The molecule has 0 aromatic carbocycles. The van der Waals surface area contributed by atoms with Crippen LogP contribution in [0.4, 0.5) is 0 Å². The quantitative estimate of drug-likeness (QED) is 0.814. The molecule has 1 aromatic rings. The van der Waals surface area contributed by atoms with Crippen LogP contribution < -0.4 is 5.73 Å². The molecule has 1 amide bonds. The van der Waals surface area contributed by atoms with Gasteiger partial charge >= 0.3 is 0 Å². The molecule has 2 N–H and O–H groups in total. The molecule has 5 heteroatoms. The van der Waals surface area contributed by atoms with E-state index in [-0.39, 0.29) is 11.8 Å². The Kier molecular flexibility index (Phi) is 6.10. The summed E-state index contributed by atoms with van der Waals surface area (Å²) in [5, 5.41) is 8.67. The molecule has 1 aromatic heterocycles. The second kappa shape index (κ2) is 7.59. The smallest absolute Gasteiger partial charge is 0.240 e. The van der Waals surface area contributed by atoms with Crippen LogP contribution in [0.15, 0.2) is 22.8 Å². The number of carbonyl (C=O) groups is 1. The first-order chi connectivity index (χ1) is 9.10. The average Bonchev–Trinajstić information content (AvgIpc) is 2.93. The molecule has 0 fully saturated rings. The van der Waals surface area contributed by atoms with Crippen LogP contribution >= 0.6 is 0 Å². The molecule has 104 valence electrons. The van der Waals surface area contributed by atoms with Gasteiger partial charge in [0.1, 0.15) is 5.76 Å². The van der Waals surface area contributed by atoms with Crippen LogP contribution in [0.5, 0.6) is 0 Å². The minimum Gasteiger partial charge on any atom is -0.467 e. The molecule has 19 heavy (non-hydrogen) atoms. The fraction of sp³-hybridized carbons (Fsp3) is 0.571. The van der Waals surface area contributed by atoms with Gasteiger partial charge in [0.15, 0.2) is 0 Å². The van der Waals surface area contributed by atoms with Gasteiger partial charge in [-0.1, -0.05) is 20.3 Å². The highest BCUT2D eigenvalue weighted by atomic mass is 16.3. The van der Waals surface area contributed by atoms with Crippen LogP contribution in [-0.4, -0.2) is 23.4 Å². The van der Waals surface area contributed by atoms with E-state index in [4.69, 9.17) is 15.4 Å². The fourth-order valence-corrected chi connectivity index (χ4v) is 1.75. The van der Waals surface area contributed by atoms with E-state index in [0.29, 0.717) is 25.3 Å². The maximum atomic E-state index is 12.3. The molecule has 0 saturated heterocycles. The number of nitriles is 1. The van der Waals surface area contributed by atoms with E-state index >= 15 is 0 Å². The lowest BCUT2D eigenvalue weighted by Crippen LogP contribution is -2.47. The molecule has 0 spiro atoms. The number of carbonyl (C=O) groups excluding carboxylic acids is 1. The summed E-state index contributed by atoms with van der Waals surface area (Å²) in [5.41, 5.74) is 5.97. The SMILES string of the molecule is CCC(C)[C@H](N)C(=O)N(CCC#N)Cc1ccco1. The zero-order chi connectivity index (χ0) is 14.3. The third-order valence-corrected chi connectivity index (χ3v) is 3.27. The first-order valence-electron chi connectivity index (χ1n) is 6.53. The van der Waals surface area contributed by atoms with E-state index in [2.05, 4.69) is 0 Å². The Morgan fingerprint density at radius 1 is 1.63 bits per heavy atom. The highest BCUT2D eigenvalue weighted by Crippen LogP contribution is 2.12. The molecule has 1 unspecified atom stereocenters. The standard InChI is InChI=1S/C14H21N3O2/c1-3-11(2)13(16)14(18)17(8-5-7-15)10-12-6-4-9-19-12/h4,6,9,11,13H,3,5,8,10,16H2,1-2H3/t11?,13-/m0/s1. The van der Waals surface area contributed by atoms with Gasteiger partial charge in [-0.05, 0) is 18.1 Å². The third-order valence-electron chi connectivity index (χ3n) is 3.27. The van der Waals surface area contributed by atoms with E-state index in [9.17, 15) is 4.79 Å². The lowest BCUT2D eigenvalue weighted by atomic mass is 9.99. The van der Waals surface area contributed by atoms with E-state index in [1.54, 1.807) is 23.3 Å². The number of hydrogen-bond acceptors (Lipinski definition) is 4. The van der Waals surface area contributed by atoms with E-state index < -0.39 is 6.04 Å². The zero-order valence-electron chi connectivity index (χ0n) is 11.5. The predicted molar refractivity (Wildman–Crippen MR) is 71.8 cm³/mol. The van der Waals surface area contributed by atoms with Crippen molar-refractivity contribution in [2.24, 2.45) is 11.7 Å². The Morgan fingerprint density at radius 3 is 2.89 bits per heavy atom. The van der Waals surface area contributed by atoms with Gasteiger partial charge in [0.05, 0.1) is 31.3 Å². The monoisotopic (exact) mass is 263 g/mol. The summed E-state index contributed by atoms with van der Waals surface area (Å²) < 4.78 is 5.24. The van der Waals surface area contributed by atoms with Crippen LogP contribution in [0.2, 0.25) is 0 Å². The summed E-state index contributed by atoms with van der Waals surface area (Å²) in [6, 6.07) is 5.10. The largest absolute Gasteiger partial charge is 0.467 e. The molecule has 0 aliphatic heterocycles. The summed E-state index contributed by atoms with van der Waals surface area (Å²) >= 11 is 0. The first-order valence-corrected chi connectivity index (χ1v) is 6.53. The van der Waals surface area contributed by atoms with Crippen molar-refractivity contribution in [2.45, 2.75) is 39.3 Å². The summed E-state index contributed by atoms with van der Waals surface area (Å²) in [6.45, 7) is 4.69. The van der Waals surface area contributed by atoms with Crippen molar-refractivity contribution >= 4 is 5.91 Å². The van der Waals surface area contributed by atoms with Gasteiger partial charge in [-0.15, -0.1) is 0 Å². The Morgan fingerprint density at radius 2 is 2.37 bits per heavy atom. The number of nitrogens with two attached hydrogens (primary N) is 1. The molecular weight excluding hydrogens is 242 g/mol. The predicted octanol–water partition coefficient (Wildman–Crippen LogP) is 1.90. The van der Waals surface area contributed by atoms with Crippen molar-refractivity contribution < 1.29 is 9.21 Å². The number of amides is 1. The van der Waals surface area contributed by atoms with Crippen molar-refractivity contribution in [3.8, 4) is 6.07 Å². The Labute approximate surface area is 114 Å². The first kappa shape index (κ1) is 15.3. The molecule has 0 radical (unpaired) electrons.